The first-order valence-electron chi connectivity index (χ1n) is 6.54. The standard InChI is InChI=1S/C12H20O2S2Se2/c1-2-18-12(6-14-4-10-8-16-10)11(17-1)5-13-3-9-7-15-9/h9-12H,1-8H2. The van der Waals surface area contributed by atoms with Gasteiger partial charge in [-0.1, -0.05) is 0 Å². The van der Waals surface area contributed by atoms with Crippen molar-refractivity contribution in [1.29, 1.82) is 0 Å². The van der Waals surface area contributed by atoms with Crippen LogP contribution in [0.15, 0.2) is 0 Å². The molecule has 3 aliphatic heterocycles. The van der Waals surface area contributed by atoms with Gasteiger partial charge in [-0.15, -0.1) is 0 Å². The molecule has 0 aromatic rings. The molecule has 3 saturated heterocycles. The Bertz CT molecular complexity index is 236. The molecular formula is C12H20O2S2Se2. The van der Waals surface area contributed by atoms with Crippen LogP contribution in [-0.2, 0) is 9.47 Å². The molecule has 2 nitrogen and oxygen atoms in total. The number of hydrogen-bond donors (Lipinski definition) is 0. The summed E-state index contributed by atoms with van der Waals surface area (Å²) in [5, 5.41) is 4.61. The molecule has 3 fully saturated rings. The van der Waals surface area contributed by atoms with E-state index in [1.807, 2.05) is 23.5 Å². The predicted molar refractivity (Wildman–Crippen MR) is 82.8 cm³/mol. The summed E-state index contributed by atoms with van der Waals surface area (Å²) in [6, 6.07) is 0. The van der Waals surface area contributed by atoms with E-state index in [2.05, 4.69) is 0 Å². The van der Waals surface area contributed by atoms with Crippen LogP contribution >= 0.6 is 23.5 Å². The molecule has 0 aliphatic carbocycles. The van der Waals surface area contributed by atoms with Crippen molar-refractivity contribution in [2.45, 2.75) is 30.8 Å². The first kappa shape index (κ1) is 14.6. The van der Waals surface area contributed by atoms with Gasteiger partial charge in [-0.05, 0) is 0 Å². The molecule has 0 radical (unpaired) electrons. The maximum atomic E-state index is 5.91. The van der Waals surface area contributed by atoms with E-state index in [0.717, 1.165) is 76.5 Å². The fraction of sp³-hybridized carbons (Fsp3) is 1.00. The van der Waals surface area contributed by atoms with E-state index in [1.54, 1.807) is 0 Å². The average molecular weight is 418 g/mol. The summed E-state index contributed by atoms with van der Waals surface area (Å²) in [4.78, 5) is 1.70. The van der Waals surface area contributed by atoms with Gasteiger partial charge in [0.25, 0.3) is 0 Å². The van der Waals surface area contributed by atoms with Crippen molar-refractivity contribution in [2.24, 2.45) is 0 Å². The number of rotatable bonds is 8. The Hall–Kier alpha value is 1.66. The van der Waals surface area contributed by atoms with Gasteiger partial charge in [0.15, 0.2) is 0 Å². The molecule has 3 heterocycles. The molecule has 0 spiro atoms. The molecule has 0 bridgehead atoms. The summed E-state index contributed by atoms with van der Waals surface area (Å²) in [6.07, 6.45) is 0. The van der Waals surface area contributed by atoms with E-state index >= 15 is 0 Å². The van der Waals surface area contributed by atoms with Gasteiger partial charge in [0, 0.05) is 0 Å². The zero-order valence-corrected chi connectivity index (χ0v) is 15.5. The van der Waals surface area contributed by atoms with E-state index < -0.39 is 0 Å². The molecular weight excluding hydrogens is 398 g/mol. The fourth-order valence-electron chi connectivity index (χ4n) is 1.88. The van der Waals surface area contributed by atoms with Crippen LogP contribution in [0.25, 0.3) is 0 Å². The Morgan fingerprint density at radius 2 is 1.22 bits per heavy atom. The van der Waals surface area contributed by atoms with E-state index in [-0.39, 0.29) is 0 Å². The Morgan fingerprint density at radius 1 is 0.778 bits per heavy atom. The van der Waals surface area contributed by atoms with Gasteiger partial charge >= 0.3 is 132 Å². The van der Waals surface area contributed by atoms with Crippen LogP contribution in [0.4, 0.5) is 0 Å². The number of thioether (sulfide) groups is 2. The van der Waals surface area contributed by atoms with Gasteiger partial charge < -0.3 is 0 Å². The summed E-state index contributed by atoms with van der Waals surface area (Å²) in [5.74, 6) is 2.65. The molecule has 0 saturated carbocycles. The Balaban J connectivity index is 1.33. The molecule has 3 rings (SSSR count). The van der Waals surface area contributed by atoms with Crippen molar-refractivity contribution in [3.05, 3.63) is 0 Å². The number of hydrogen-bond acceptors (Lipinski definition) is 4. The van der Waals surface area contributed by atoms with Gasteiger partial charge in [0.1, 0.15) is 0 Å². The van der Waals surface area contributed by atoms with Gasteiger partial charge in [0.05, 0.1) is 0 Å². The summed E-state index contributed by atoms with van der Waals surface area (Å²) >= 11 is 5.68. The zero-order valence-electron chi connectivity index (χ0n) is 10.4. The molecule has 104 valence electrons. The van der Waals surface area contributed by atoms with E-state index in [1.165, 1.54) is 22.1 Å². The summed E-state index contributed by atoms with van der Waals surface area (Å²) < 4.78 is 11.8. The van der Waals surface area contributed by atoms with Crippen molar-refractivity contribution in [3.8, 4) is 0 Å². The number of ether oxygens (including phenoxy) is 2. The molecule has 3 aliphatic rings. The van der Waals surface area contributed by atoms with Gasteiger partial charge in [-0.3, -0.25) is 0 Å². The van der Waals surface area contributed by atoms with Crippen LogP contribution < -0.4 is 0 Å². The third-order valence-electron chi connectivity index (χ3n) is 3.14. The monoisotopic (exact) mass is 420 g/mol. The fourth-order valence-corrected chi connectivity index (χ4v) is 10.3. The Kier molecular flexibility index (Phi) is 6.17. The van der Waals surface area contributed by atoms with E-state index in [4.69, 9.17) is 9.47 Å². The van der Waals surface area contributed by atoms with Crippen molar-refractivity contribution in [2.75, 3.05) is 37.9 Å². The normalized spacial score (nSPS) is 38.7. The third-order valence-corrected chi connectivity index (χ3v) is 12.8. The quantitative estimate of drug-likeness (QED) is 0.444. The molecule has 0 amide bonds. The van der Waals surface area contributed by atoms with E-state index in [0.29, 0.717) is 0 Å². The topological polar surface area (TPSA) is 18.5 Å². The molecule has 0 aromatic carbocycles. The SMILES string of the molecule is C1C[Se]C(COCC2CS2)C(COCC2CS2)[Se]1. The van der Waals surface area contributed by atoms with Gasteiger partial charge in [0.2, 0.25) is 0 Å². The average Bonchev–Trinajstić information content (AvgIpc) is 3.25. The Labute approximate surface area is 131 Å². The van der Waals surface area contributed by atoms with Crippen molar-refractivity contribution in [1.82, 2.24) is 0 Å². The molecule has 4 unspecified atom stereocenters. The predicted octanol–water partition coefficient (Wildman–Crippen LogP) is 2.09. The van der Waals surface area contributed by atoms with Crippen LogP contribution in [0.2, 0.25) is 20.3 Å². The Morgan fingerprint density at radius 3 is 1.61 bits per heavy atom. The minimum absolute atomic E-state index is 0.805. The second kappa shape index (κ2) is 7.61. The van der Waals surface area contributed by atoms with Gasteiger partial charge in [-0.25, -0.2) is 0 Å². The van der Waals surface area contributed by atoms with Crippen LogP contribution in [0.1, 0.15) is 0 Å². The summed E-state index contributed by atoms with van der Waals surface area (Å²) in [6.45, 7) is 4.03. The zero-order chi connectivity index (χ0) is 12.2. The van der Waals surface area contributed by atoms with Crippen LogP contribution in [0.3, 0.4) is 0 Å². The van der Waals surface area contributed by atoms with Crippen molar-refractivity contribution in [3.63, 3.8) is 0 Å². The van der Waals surface area contributed by atoms with Crippen molar-refractivity contribution < 1.29 is 9.47 Å². The first-order chi connectivity index (χ1) is 8.92. The second-order valence-corrected chi connectivity index (χ2v) is 13.1. The summed E-state index contributed by atoms with van der Waals surface area (Å²) in [5.41, 5.74) is 0. The second-order valence-electron chi connectivity index (χ2n) is 4.80. The molecule has 0 aromatic heterocycles. The molecule has 4 atom stereocenters. The van der Waals surface area contributed by atoms with Crippen LogP contribution in [-0.4, -0.2) is 78.3 Å². The van der Waals surface area contributed by atoms with Crippen molar-refractivity contribution >= 4 is 53.4 Å². The first-order valence-corrected chi connectivity index (χ1v) is 13.0. The van der Waals surface area contributed by atoms with Crippen LogP contribution in [0.5, 0.6) is 0 Å². The van der Waals surface area contributed by atoms with Crippen LogP contribution in [0, 0.1) is 0 Å². The summed E-state index contributed by atoms with van der Waals surface area (Å²) in [7, 11) is 0. The molecule has 18 heavy (non-hydrogen) atoms. The minimum atomic E-state index is 0.805. The van der Waals surface area contributed by atoms with Gasteiger partial charge in [-0.2, -0.15) is 0 Å². The van der Waals surface area contributed by atoms with E-state index in [9.17, 15) is 0 Å². The maximum absolute atomic E-state index is 5.91. The molecule has 6 heteroatoms. The molecule has 0 N–H and O–H groups in total. The third kappa shape index (κ3) is 5.21.